The van der Waals surface area contributed by atoms with Crippen LogP contribution in [0.5, 0.6) is 5.75 Å². The van der Waals surface area contributed by atoms with Gasteiger partial charge in [-0.15, -0.1) is 0 Å². The second-order valence-corrected chi connectivity index (χ2v) is 6.51. The van der Waals surface area contributed by atoms with Crippen molar-refractivity contribution < 1.29 is 13.9 Å². The molecule has 0 unspecified atom stereocenters. The van der Waals surface area contributed by atoms with Crippen LogP contribution < -0.4 is 4.74 Å². The van der Waals surface area contributed by atoms with Crippen molar-refractivity contribution in [2.45, 2.75) is 26.4 Å². The van der Waals surface area contributed by atoms with Crippen LogP contribution in [0.4, 0.5) is 4.39 Å². The average molecular weight is 381 g/mol. The van der Waals surface area contributed by atoms with Gasteiger partial charge in [0.25, 0.3) is 5.91 Å². The van der Waals surface area contributed by atoms with Gasteiger partial charge in [-0.25, -0.2) is 4.39 Å². The Kier molecular flexibility index (Phi) is 6.42. The molecular weight excluding hydrogens is 357 g/mol. The number of aryl methyl sites for hydroxylation is 1. The molecule has 0 atom stereocenters. The van der Waals surface area contributed by atoms with Gasteiger partial charge in [0.15, 0.2) is 0 Å². The zero-order chi connectivity index (χ0) is 19.9. The van der Waals surface area contributed by atoms with Crippen LogP contribution in [0.15, 0.2) is 60.8 Å². The Labute approximate surface area is 164 Å². The number of methoxy groups -OCH3 is 1. The third kappa shape index (κ3) is 4.97. The maximum absolute atomic E-state index is 13.1. The Morgan fingerprint density at radius 2 is 1.93 bits per heavy atom. The number of aromatic nitrogens is 2. The van der Waals surface area contributed by atoms with E-state index in [0.29, 0.717) is 31.7 Å². The van der Waals surface area contributed by atoms with Crippen molar-refractivity contribution in [3.8, 4) is 5.75 Å². The number of benzene rings is 2. The summed E-state index contributed by atoms with van der Waals surface area (Å²) in [6.45, 7) is 3.62. The summed E-state index contributed by atoms with van der Waals surface area (Å²) >= 11 is 0. The summed E-state index contributed by atoms with van der Waals surface area (Å²) < 4.78 is 20.2. The maximum atomic E-state index is 13.1. The summed E-state index contributed by atoms with van der Waals surface area (Å²) in [4.78, 5) is 14.8. The van der Waals surface area contributed by atoms with Crippen LogP contribution >= 0.6 is 0 Å². The second-order valence-electron chi connectivity index (χ2n) is 6.51. The van der Waals surface area contributed by atoms with Gasteiger partial charge in [-0.3, -0.25) is 9.48 Å². The van der Waals surface area contributed by atoms with E-state index >= 15 is 0 Å². The third-order valence-corrected chi connectivity index (χ3v) is 4.56. The van der Waals surface area contributed by atoms with E-state index in [1.807, 2.05) is 31.2 Å². The first kappa shape index (κ1) is 19.6. The smallest absolute Gasteiger partial charge is 0.274 e. The number of carbonyl (C=O) groups is 1. The molecule has 0 saturated carbocycles. The van der Waals surface area contributed by atoms with Gasteiger partial charge in [0.05, 0.1) is 7.11 Å². The molecule has 6 heteroatoms. The molecule has 0 aliphatic heterocycles. The van der Waals surface area contributed by atoms with Crippen molar-refractivity contribution in [3.05, 3.63) is 83.4 Å². The molecule has 0 N–H and O–H groups in total. The summed E-state index contributed by atoms with van der Waals surface area (Å²) in [6, 6.07) is 15.8. The molecule has 2 aromatic carbocycles. The summed E-state index contributed by atoms with van der Waals surface area (Å²) in [6.07, 6.45) is 2.43. The fourth-order valence-corrected chi connectivity index (χ4v) is 2.97. The van der Waals surface area contributed by atoms with Crippen LogP contribution in [0.1, 0.15) is 28.5 Å². The molecule has 1 amide bonds. The van der Waals surface area contributed by atoms with Gasteiger partial charge in [0.1, 0.15) is 17.3 Å². The lowest BCUT2D eigenvalue weighted by Gasteiger charge is -2.22. The highest BCUT2D eigenvalue weighted by Gasteiger charge is 2.19. The number of nitrogens with zero attached hydrogens (tertiary/aromatic N) is 3. The highest BCUT2D eigenvalue weighted by atomic mass is 19.1. The van der Waals surface area contributed by atoms with E-state index in [9.17, 15) is 9.18 Å². The lowest BCUT2D eigenvalue weighted by Crippen LogP contribution is -2.33. The monoisotopic (exact) mass is 381 g/mol. The number of hydrogen-bond acceptors (Lipinski definition) is 3. The molecule has 0 spiro atoms. The van der Waals surface area contributed by atoms with Gasteiger partial charge in [-0.05, 0) is 54.8 Å². The molecular formula is C22H24FN3O2. The molecule has 0 fully saturated rings. The molecule has 0 aliphatic carbocycles. The Hall–Kier alpha value is -3.15. The zero-order valence-electron chi connectivity index (χ0n) is 16.1. The molecule has 5 nitrogen and oxygen atoms in total. The molecule has 146 valence electrons. The predicted molar refractivity (Wildman–Crippen MR) is 106 cm³/mol. The molecule has 0 radical (unpaired) electrons. The number of amides is 1. The van der Waals surface area contributed by atoms with Crippen molar-refractivity contribution in [1.82, 2.24) is 14.7 Å². The molecule has 0 saturated heterocycles. The maximum Gasteiger partial charge on any atom is 0.274 e. The first-order valence-corrected chi connectivity index (χ1v) is 9.29. The minimum absolute atomic E-state index is 0.128. The van der Waals surface area contributed by atoms with E-state index in [-0.39, 0.29) is 11.7 Å². The van der Waals surface area contributed by atoms with Gasteiger partial charge >= 0.3 is 0 Å². The largest absolute Gasteiger partial charge is 0.497 e. The predicted octanol–water partition coefficient (Wildman–Crippen LogP) is 3.94. The van der Waals surface area contributed by atoms with Gasteiger partial charge < -0.3 is 9.64 Å². The lowest BCUT2D eigenvalue weighted by molar-refractivity contribution is 0.0738. The number of halogens is 1. The van der Waals surface area contributed by atoms with Crippen molar-refractivity contribution in [1.29, 1.82) is 0 Å². The summed E-state index contributed by atoms with van der Waals surface area (Å²) in [7, 11) is 1.62. The molecule has 28 heavy (non-hydrogen) atoms. The minimum Gasteiger partial charge on any atom is -0.497 e. The summed E-state index contributed by atoms with van der Waals surface area (Å²) in [5, 5.41) is 4.34. The standard InChI is InChI=1S/C22H24FN3O2/c1-3-26-14-12-21(24-26)22(27)25(13-11-17-7-9-19(23)10-8-17)16-18-5-4-6-20(15-18)28-2/h4-10,12,14-15H,3,11,13,16H2,1-2H3. The van der Waals surface area contributed by atoms with Crippen molar-refractivity contribution in [2.24, 2.45) is 0 Å². The Morgan fingerprint density at radius 1 is 1.14 bits per heavy atom. The van der Waals surface area contributed by atoms with E-state index in [1.54, 1.807) is 41.1 Å². The molecule has 0 bridgehead atoms. The number of rotatable bonds is 8. The first-order valence-electron chi connectivity index (χ1n) is 9.29. The molecule has 1 heterocycles. The highest BCUT2D eigenvalue weighted by Crippen LogP contribution is 2.16. The fraction of sp³-hybridized carbons (Fsp3) is 0.273. The normalized spacial score (nSPS) is 10.7. The van der Waals surface area contributed by atoms with E-state index in [2.05, 4.69) is 5.10 Å². The minimum atomic E-state index is -0.266. The van der Waals surface area contributed by atoms with Crippen LogP contribution in [0.25, 0.3) is 0 Å². The Bertz CT molecular complexity index is 922. The lowest BCUT2D eigenvalue weighted by atomic mass is 10.1. The Morgan fingerprint density at radius 3 is 2.61 bits per heavy atom. The van der Waals surface area contributed by atoms with Crippen LogP contribution in [-0.2, 0) is 19.5 Å². The van der Waals surface area contributed by atoms with Gasteiger partial charge in [0, 0.05) is 25.8 Å². The van der Waals surface area contributed by atoms with Crippen molar-refractivity contribution in [3.63, 3.8) is 0 Å². The average Bonchev–Trinajstić information content (AvgIpc) is 3.21. The summed E-state index contributed by atoms with van der Waals surface area (Å²) in [5.74, 6) is 0.356. The summed E-state index contributed by atoms with van der Waals surface area (Å²) in [5.41, 5.74) is 2.37. The first-order chi connectivity index (χ1) is 13.6. The molecule has 0 aliphatic rings. The van der Waals surface area contributed by atoms with Crippen molar-refractivity contribution in [2.75, 3.05) is 13.7 Å². The third-order valence-electron chi connectivity index (χ3n) is 4.56. The van der Waals surface area contributed by atoms with Gasteiger partial charge in [-0.2, -0.15) is 5.10 Å². The fourth-order valence-electron chi connectivity index (χ4n) is 2.97. The number of carbonyl (C=O) groups excluding carboxylic acids is 1. The Balaban J connectivity index is 1.79. The zero-order valence-corrected chi connectivity index (χ0v) is 16.1. The van der Waals surface area contributed by atoms with E-state index in [4.69, 9.17) is 4.74 Å². The second kappa shape index (κ2) is 9.17. The SMILES string of the molecule is CCn1ccc(C(=O)N(CCc2ccc(F)cc2)Cc2cccc(OC)c2)n1. The number of hydrogen-bond donors (Lipinski definition) is 0. The van der Waals surface area contributed by atoms with Crippen LogP contribution in [0.3, 0.4) is 0 Å². The topological polar surface area (TPSA) is 47.4 Å². The van der Waals surface area contributed by atoms with Crippen molar-refractivity contribution >= 4 is 5.91 Å². The van der Waals surface area contributed by atoms with Crippen LogP contribution in [0.2, 0.25) is 0 Å². The van der Waals surface area contributed by atoms with Gasteiger partial charge in [-0.1, -0.05) is 24.3 Å². The van der Waals surface area contributed by atoms with Crippen LogP contribution in [-0.4, -0.2) is 34.2 Å². The van der Waals surface area contributed by atoms with Crippen LogP contribution in [0, 0.1) is 5.82 Å². The van der Waals surface area contributed by atoms with Gasteiger partial charge in [0.2, 0.25) is 0 Å². The van der Waals surface area contributed by atoms with E-state index < -0.39 is 0 Å². The molecule has 3 rings (SSSR count). The molecule has 3 aromatic rings. The van der Waals surface area contributed by atoms with E-state index in [1.165, 1.54) is 12.1 Å². The number of ether oxygens (including phenoxy) is 1. The van der Waals surface area contributed by atoms with E-state index in [0.717, 1.165) is 16.9 Å². The quantitative estimate of drug-likeness (QED) is 0.594. The highest BCUT2D eigenvalue weighted by molar-refractivity contribution is 5.92. The molecule has 1 aromatic heterocycles.